The summed E-state index contributed by atoms with van der Waals surface area (Å²) in [7, 11) is 1.56. The fourth-order valence-electron chi connectivity index (χ4n) is 2.22. The average molecular weight is 323 g/mol. The minimum absolute atomic E-state index is 0.235. The van der Waals surface area contributed by atoms with Crippen molar-refractivity contribution in [2.24, 2.45) is 0 Å². The van der Waals surface area contributed by atoms with Gasteiger partial charge >= 0.3 is 0 Å². The van der Waals surface area contributed by atoms with E-state index in [9.17, 15) is 4.79 Å². The van der Waals surface area contributed by atoms with Crippen molar-refractivity contribution in [3.63, 3.8) is 0 Å². The third kappa shape index (κ3) is 3.43. The summed E-state index contributed by atoms with van der Waals surface area (Å²) in [6.07, 6.45) is 0. The Hall–Kier alpha value is -3.15. The first-order chi connectivity index (χ1) is 11.7. The maximum atomic E-state index is 12.3. The molecule has 2 aromatic carbocycles. The molecule has 0 fully saturated rings. The van der Waals surface area contributed by atoms with Gasteiger partial charge in [0.05, 0.1) is 7.11 Å². The third-order valence-electron chi connectivity index (χ3n) is 3.52. The van der Waals surface area contributed by atoms with Gasteiger partial charge in [-0.05, 0) is 25.1 Å². The molecule has 1 atom stereocenters. The lowest BCUT2D eigenvalue weighted by atomic mass is 10.2. The maximum absolute atomic E-state index is 12.3. The topological polar surface area (TPSA) is 77.2 Å². The second kappa shape index (κ2) is 6.95. The molecule has 0 saturated carbocycles. The van der Waals surface area contributed by atoms with Crippen LogP contribution >= 0.6 is 0 Å². The van der Waals surface area contributed by atoms with E-state index in [2.05, 4.69) is 15.5 Å². The predicted octanol–water partition coefficient (Wildman–Crippen LogP) is 3.24. The standard InChI is InChI=1S/C18H17N3O3/c1-12(19-17(22)14-9-6-10-15(11-14)23-2)18-20-16(21-24-18)13-7-4-3-5-8-13/h3-12H,1-2H3,(H,19,22)/t12-/m0/s1. The zero-order valence-corrected chi connectivity index (χ0v) is 13.4. The molecule has 1 aromatic heterocycles. The monoisotopic (exact) mass is 323 g/mol. The molecule has 0 aliphatic rings. The van der Waals surface area contributed by atoms with Gasteiger partial charge in [-0.2, -0.15) is 4.98 Å². The van der Waals surface area contributed by atoms with Crippen molar-refractivity contribution in [1.29, 1.82) is 0 Å². The van der Waals surface area contributed by atoms with Crippen molar-refractivity contribution in [3.05, 3.63) is 66.1 Å². The predicted molar refractivity (Wildman–Crippen MR) is 88.6 cm³/mol. The highest BCUT2D eigenvalue weighted by Crippen LogP contribution is 2.19. The molecule has 0 radical (unpaired) electrons. The molecular weight excluding hydrogens is 306 g/mol. The minimum atomic E-state index is -0.409. The number of amides is 1. The van der Waals surface area contributed by atoms with E-state index in [4.69, 9.17) is 9.26 Å². The zero-order valence-electron chi connectivity index (χ0n) is 13.4. The molecule has 122 valence electrons. The molecule has 6 heteroatoms. The summed E-state index contributed by atoms with van der Waals surface area (Å²) in [5.41, 5.74) is 1.36. The quantitative estimate of drug-likeness (QED) is 0.780. The third-order valence-corrected chi connectivity index (χ3v) is 3.52. The Balaban J connectivity index is 1.72. The van der Waals surface area contributed by atoms with Crippen molar-refractivity contribution in [1.82, 2.24) is 15.5 Å². The van der Waals surface area contributed by atoms with E-state index >= 15 is 0 Å². The molecule has 0 spiro atoms. The lowest BCUT2D eigenvalue weighted by molar-refractivity contribution is 0.0932. The highest BCUT2D eigenvalue weighted by Gasteiger charge is 2.18. The van der Waals surface area contributed by atoms with Crippen LogP contribution in [0.15, 0.2) is 59.1 Å². The Labute approximate surface area is 139 Å². The largest absolute Gasteiger partial charge is 0.497 e. The Kier molecular flexibility index (Phi) is 4.56. The van der Waals surface area contributed by atoms with Crippen LogP contribution in [-0.4, -0.2) is 23.2 Å². The molecule has 3 aromatic rings. The summed E-state index contributed by atoms with van der Waals surface area (Å²) in [6, 6.07) is 16.0. The molecule has 1 heterocycles. The van der Waals surface area contributed by atoms with Crippen molar-refractivity contribution in [2.75, 3.05) is 7.11 Å². The van der Waals surface area contributed by atoms with Crippen LogP contribution in [-0.2, 0) is 0 Å². The zero-order chi connectivity index (χ0) is 16.9. The first kappa shape index (κ1) is 15.7. The number of methoxy groups -OCH3 is 1. The van der Waals surface area contributed by atoms with E-state index in [1.54, 1.807) is 38.3 Å². The molecular formula is C18H17N3O3. The van der Waals surface area contributed by atoms with Gasteiger partial charge in [-0.3, -0.25) is 4.79 Å². The van der Waals surface area contributed by atoms with Crippen molar-refractivity contribution in [2.45, 2.75) is 13.0 Å². The lowest BCUT2D eigenvalue weighted by Gasteiger charge is -2.10. The molecule has 0 unspecified atom stereocenters. The van der Waals surface area contributed by atoms with Gasteiger partial charge in [0.25, 0.3) is 5.91 Å². The maximum Gasteiger partial charge on any atom is 0.252 e. The van der Waals surface area contributed by atoms with Crippen LogP contribution in [0.2, 0.25) is 0 Å². The number of ether oxygens (including phenoxy) is 1. The first-order valence-electron chi connectivity index (χ1n) is 7.51. The second-order valence-electron chi connectivity index (χ2n) is 5.25. The van der Waals surface area contributed by atoms with Crippen LogP contribution in [0, 0.1) is 0 Å². The van der Waals surface area contributed by atoms with Crippen LogP contribution < -0.4 is 10.1 Å². The van der Waals surface area contributed by atoms with Gasteiger partial charge in [-0.15, -0.1) is 0 Å². The van der Waals surface area contributed by atoms with Gasteiger partial charge < -0.3 is 14.6 Å². The Morgan fingerprint density at radius 3 is 2.71 bits per heavy atom. The van der Waals surface area contributed by atoms with E-state index in [0.717, 1.165) is 5.56 Å². The summed E-state index contributed by atoms with van der Waals surface area (Å²) in [5.74, 6) is 1.23. The molecule has 0 bridgehead atoms. The molecule has 0 aliphatic heterocycles. The number of hydrogen-bond donors (Lipinski definition) is 1. The van der Waals surface area contributed by atoms with E-state index in [0.29, 0.717) is 23.0 Å². The molecule has 0 aliphatic carbocycles. The number of hydrogen-bond acceptors (Lipinski definition) is 5. The molecule has 0 saturated heterocycles. The fourth-order valence-corrected chi connectivity index (χ4v) is 2.22. The number of nitrogens with one attached hydrogen (secondary N) is 1. The number of aromatic nitrogens is 2. The van der Waals surface area contributed by atoms with Crippen molar-refractivity contribution in [3.8, 4) is 17.1 Å². The van der Waals surface area contributed by atoms with Crippen LogP contribution in [0.1, 0.15) is 29.2 Å². The van der Waals surface area contributed by atoms with Gasteiger partial charge in [0.15, 0.2) is 0 Å². The molecule has 1 N–H and O–H groups in total. The van der Waals surface area contributed by atoms with Crippen molar-refractivity contribution >= 4 is 5.91 Å². The molecule has 24 heavy (non-hydrogen) atoms. The van der Waals surface area contributed by atoms with Gasteiger partial charge in [0.2, 0.25) is 11.7 Å². The van der Waals surface area contributed by atoms with Crippen LogP contribution in [0.5, 0.6) is 5.75 Å². The number of benzene rings is 2. The van der Waals surface area contributed by atoms with Crippen LogP contribution in [0.4, 0.5) is 0 Å². The van der Waals surface area contributed by atoms with E-state index < -0.39 is 6.04 Å². The smallest absolute Gasteiger partial charge is 0.252 e. The SMILES string of the molecule is COc1cccc(C(=O)N[C@@H](C)c2nc(-c3ccccc3)no2)c1. The summed E-state index contributed by atoms with van der Waals surface area (Å²) in [5, 5.41) is 6.80. The molecule has 3 rings (SSSR count). The number of carbonyl (C=O) groups excluding carboxylic acids is 1. The molecule has 1 amide bonds. The van der Waals surface area contributed by atoms with Gasteiger partial charge in [0.1, 0.15) is 11.8 Å². The summed E-state index contributed by atoms with van der Waals surface area (Å²) < 4.78 is 10.4. The normalized spacial score (nSPS) is 11.8. The highest BCUT2D eigenvalue weighted by atomic mass is 16.5. The lowest BCUT2D eigenvalue weighted by Crippen LogP contribution is -2.26. The van der Waals surface area contributed by atoms with Gasteiger partial charge in [-0.25, -0.2) is 0 Å². The number of nitrogens with zero attached hydrogens (tertiary/aromatic N) is 2. The Bertz CT molecular complexity index is 830. The highest BCUT2D eigenvalue weighted by molar-refractivity contribution is 5.94. The second-order valence-corrected chi connectivity index (χ2v) is 5.25. The van der Waals surface area contributed by atoms with E-state index in [-0.39, 0.29) is 5.91 Å². The summed E-state index contributed by atoms with van der Waals surface area (Å²) in [6.45, 7) is 1.79. The summed E-state index contributed by atoms with van der Waals surface area (Å²) >= 11 is 0. The van der Waals surface area contributed by atoms with Crippen molar-refractivity contribution < 1.29 is 14.1 Å². The van der Waals surface area contributed by atoms with Crippen LogP contribution in [0.3, 0.4) is 0 Å². The fraction of sp³-hybridized carbons (Fsp3) is 0.167. The van der Waals surface area contributed by atoms with E-state index in [1.807, 2.05) is 30.3 Å². The first-order valence-corrected chi connectivity index (χ1v) is 7.51. The number of rotatable bonds is 5. The van der Waals surface area contributed by atoms with Crippen LogP contribution in [0.25, 0.3) is 11.4 Å². The van der Waals surface area contributed by atoms with Gasteiger partial charge in [-0.1, -0.05) is 41.6 Å². The van der Waals surface area contributed by atoms with Gasteiger partial charge in [0, 0.05) is 11.1 Å². The molecule has 6 nitrogen and oxygen atoms in total. The Morgan fingerprint density at radius 1 is 1.17 bits per heavy atom. The van der Waals surface area contributed by atoms with E-state index in [1.165, 1.54) is 0 Å². The Morgan fingerprint density at radius 2 is 1.96 bits per heavy atom. The average Bonchev–Trinajstić information content (AvgIpc) is 3.13. The minimum Gasteiger partial charge on any atom is -0.497 e. The summed E-state index contributed by atoms with van der Waals surface area (Å²) in [4.78, 5) is 16.7. The number of carbonyl (C=O) groups is 1.